The first kappa shape index (κ1) is 10.8. The molecule has 5 heteroatoms. The van der Waals surface area contributed by atoms with E-state index in [0.717, 1.165) is 0 Å². The monoisotopic (exact) mass is 221 g/mol. The van der Waals surface area contributed by atoms with Crippen LogP contribution in [0.5, 0.6) is 0 Å². The number of nitrogens with zero attached hydrogens (tertiary/aromatic N) is 2. The highest BCUT2D eigenvalue weighted by atomic mass is 19.1. The second-order valence-electron chi connectivity index (χ2n) is 3.51. The molecule has 0 atom stereocenters. The first-order valence-electron chi connectivity index (χ1n) is 5.01. The highest BCUT2D eigenvalue weighted by Gasteiger charge is 2.04. The molecule has 0 saturated carbocycles. The molecule has 0 aliphatic heterocycles. The lowest BCUT2D eigenvalue weighted by Gasteiger charge is -2.05. The van der Waals surface area contributed by atoms with Crippen LogP contribution in [0.25, 0.3) is 10.9 Å². The Kier molecular flexibility index (Phi) is 2.96. The summed E-state index contributed by atoms with van der Waals surface area (Å²) in [5.74, 6) is -0.382. The van der Waals surface area contributed by atoms with E-state index >= 15 is 0 Å². The largest absolute Gasteiger partial charge is 0.318 e. The van der Waals surface area contributed by atoms with Gasteiger partial charge in [-0.05, 0) is 19.2 Å². The maximum absolute atomic E-state index is 12.9. The van der Waals surface area contributed by atoms with E-state index in [9.17, 15) is 9.18 Å². The van der Waals surface area contributed by atoms with Crippen LogP contribution < -0.4 is 10.9 Å². The molecule has 1 N–H and O–H groups in total. The second kappa shape index (κ2) is 4.40. The van der Waals surface area contributed by atoms with Gasteiger partial charge in [-0.3, -0.25) is 9.36 Å². The third kappa shape index (κ3) is 1.94. The van der Waals surface area contributed by atoms with E-state index in [1.54, 1.807) is 0 Å². The number of nitrogens with one attached hydrogen (secondary N) is 1. The van der Waals surface area contributed by atoms with Gasteiger partial charge in [-0.1, -0.05) is 0 Å². The molecule has 0 aliphatic rings. The van der Waals surface area contributed by atoms with Gasteiger partial charge in [0, 0.05) is 19.2 Å². The fraction of sp³-hybridized carbons (Fsp3) is 0.273. The molecule has 0 aliphatic carbocycles. The summed E-state index contributed by atoms with van der Waals surface area (Å²) in [5, 5.41) is 3.40. The van der Waals surface area contributed by atoms with Crippen molar-refractivity contribution >= 4 is 10.9 Å². The summed E-state index contributed by atoms with van der Waals surface area (Å²) in [6, 6.07) is 4.00. The van der Waals surface area contributed by atoms with Gasteiger partial charge < -0.3 is 5.32 Å². The Morgan fingerprint density at radius 3 is 3.06 bits per heavy atom. The number of fused-ring (bicyclic) bond motifs is 1. The molecule has 0 bridgehead atoms. The third-order valence-corrected chi connectivity index (χ3v) is 2.39. The number of aromatic nitrogens is 2. The van der Waals surface area contributed by atoms with Gasteiger partial charge in [0.15, 0.2) is 0 Å². The van der Waals surface area contributed by atoms with Gasteiger partial charge in [0.2, 0.25) is 0 Å². The Hall–Kier alpha value is -1.75. The van der Waals surface area contributed by atoms with Crippen molar-refractivity contribution < 1.29 is 4.39 Å². The van der Waals surface area contributed by atoms with Gasteiger partial charge in [-0.15, -0.1) is 0 Å². The number of rotatable bonds is 3. The lowest BCUT2D eigenvalue weighted by molar-refractivity contribution is 0.618. The molecular formula is C11H12FN3O. The highest BCUT2D eigenvalue weighted by molar-refractivity contribution is 5.77. The molecule has 0 radical (unpaired) electrons. The lowest BCUT2D eigenvalue weighted by Crippen LogP contribution is -2.25. The first-order valence-corrected chi connectivity index (χ1v) is 5.01. The van der Waals surface area contributed by atoms with Crippen LogP contribution in [-0.4, -0.2) is 23.1 Å². The molecule has 2 rings (SSSR count). The lowest BCUT2D eigenvalue weighted by atomic mass is 10.2. The molecule has 1 aromatic carbocycles. The summed E-state index contributed by atoms with van der Waals surface area (Å²) < 4.78 is 14.4. The maximum Gasteiger partial charge on any atom is 0.261 e. The van der Waals surface area contributed by atoms with E-state index in [1.165, 1.54) is 29.1 Å². The van der Waals surface area contributed by atoms with Gasteiger partial charge in [0.25, 0.3) is 5.56 Å². The molecule has 0 spiro atoms. The molecular weight excluding hydrogens is 209 g/mol. The van der Waals surface area contributed by atoms with Crippen molar-refractivity contribution in [2.45, 2.75) is 6.54 Å². The molecule has 0 amide bonds. The smallest absolute Gasteiger partial charge is 0.261 e. The third-order valence-electron chi connectivity index (χ3n) is 2.39. The van der Waals surface area contributed by atoms with Gasteiger partial charge in [-0.2, -0.15) is 0 Å². The summed E-state index contributed by atoms with van der Waals surface area (Å²) in [6.07, 6.45) is 1.45. The molecule has 2 aromatic rings. The highest BCUT2D eigenvalue weighted by Crippen LogP contribution is 2.08. The van der Waals surface area contributed by atoms with E-state index in [4.69, 9.17) is 0 Å². The van der Waals surface area contributed by atoms with Crippen molar-refractivity contribution in [2.75, 3.05) is 13.6 Å². The van der Waals surface area contributed by atoms with Crippen LogP contribution in [0, 0.1) is 5.82 Å². The van der Waals surface area contributed by atoms with Crippen molar-refractivity contribution in [3.63, 3.8) is 0 Å². The second-order valence-corrected chi connectivity index (χ2v) is 3.51. The van der Waals surface area contributed by atoms with Crippen molar-refractivity contribution in [1.82, 2.24) is 14.9 Å². The predicted octanol–water partition coefficient (Wildman–Crippen LogP) is 0.755. The summed E-state index contributed by atoms with van der Waals surface area (Å²) in [5.41, 5.74) is 0.256. The molecule has 0 saturated heterocycles. The molecule has 1 aromatic heterocycles. The summed E-state index contributed by atoms with van der Waals surface area (Å²) in [7, 11) is 1.81. The quantitative estimate of drug-likeness (QED) is 0.832. The Morgan fingerprint density at radius 1 is 1.50 bits per heavy atom. The van der Waals surface area contributed by atoms with Crippen LogP contribution in [0.4, 0.5) is 4.39 Å². The zero-order valence-electron chi connectivity index (χ0n) is 8.90. The molecule has 1 heterocycles. The SMILES string of the molecule is CNCCn1cnc2cc(F)ccc2c1=O. The minimum absolute atomic E-state index is 0.139. The minimum Gasteiger partial charge on any atom is -0.318 e. The minimum atomic E-state index is -0.382. The van der Waals surface area contributed by atoms with Crippen molar-refractivity contribution in [2.24, 2.45) is 0 Å². The normalized spacial score (nSPS) is 10.9. The van der Waals surface area contributed by atoms with Crippen LogP contribution in [0.1, 0.15) is 0 Å². The van der Waals surface area contributed by atoms with E-state index in [1.807, 2.05) is 7.05 Å². The zero-order valence-corrected chi connectivity index (χ0v) is 8.90. The van der Waals surface area contributed by atoms with Gasteiger partial charge in [-0.25, -0.2) is 9.37 Å². The van der Waals surface area contributed by atoms with Crippen LogP contribution in [0.15, 0.2) is 29.3 Å². The summed E-state index contributed by atoms with van der Waals surface area (Å²) in [4.78, 5) is 16.0. The number of hydrogen-bond acceptors (Lipinski definition) is 3. The Labute approximate surface area is 91.7 Å². The van der Waals surface area contributed by atoms with Crippen LogP contribution in [-0.2, 0) is 6.54 Å². The molecule has 84 valence electrons. The van der Waals surface area contributed by atoms with E-state index in [2.05, 4.69) is 10.3 Å². The number of halogens is 1. The summed E-state index contributed by atoms with van der Waals surface area (Å²) >= 11 is 0. The number of likely N-dealkylation sites (N-methyl/N-ethyl adjacent to an activating group) is 1. The average molecular weight is 221 g/mol. The van der Waals surface area contributed by atoms with Gasteiger partial charge in [0.05, 0.1) is 17.2 Å². The van der Waals surface area contributed by atoms with E-state index < -0.39 is 0 Å². The first-order chi connectivity index (χ1) is 7.72. The van der Waals surface area contributed by atoms with Crippen molar-refractivity contribution in [1.29, 1.82) is 0 Å². The van der Waals surface area contributed by atoms with Crippen molar-refractivity contribution in [3.05, 3.63) is 40.7 Å². The predicted molar refractivity (Wildman–Crippen MR) is 59.9 cm³/mol. The summed E-state index contributed by atoms with van der Waals surface area (Å²) in [6.45, 7) is 1.24. The Morgan fingerprint density at radius 2 is 2.31 bits per heavy atom. The molecule has 16 heavy (non-hydrogen) atoms. The van der Waals surface area contributed by atoms with Gasteiger partial charge in [0.1, 0.15) is 5.82 Å². The van der Waals surface area contributed by atoms with Gasteiger partial charge >= 0.3 is 0 Å². The van der Waals surface area contributed by atoms with E-state index in [0.29, 0.717) is 24.0 Å². The number of benzene rings is 1. The van der Waals surface area contributed by atoms with Crippen LogP contribution >= 0.6 is 0 Å². The molecule has 0 unspecified atom stereocenters. The number of hydrogen-bond donors (Lipinski definition) is 1. The molecule has 0 fully saturated rings. The van der Waals surface area contributed by atoms with E-state index in [-0.39, 0.29) is 11.4 Å². The fourth-order valence-corrected chi connectivity index (χ4v) is 1.52. The zero-order chi connectivity index (χ0) is 11.5. The fourth-order valence-electron chi connectivity index (χ4n) is 1.52. The molecule has 4 nitrogen and oxygen atoms in total. The standard InChI is InChI=1S/C11H12FN3O/c1-13-4-5-15-7-14-10-6-8(12)2-3-9(10)11(15)16/h2-3,6-7,13H,4-5H2,1H3. The Balaban J connectivity index is 2.53. The average Bonchev–Trinajstić information content (AvgIpc) is 2.28. The van der Waals surface area contributed by atoms with Crippen LogP contribution in [0.2, 0.25) is 0 Å². The maximum atomic E-state index is 12.9. The Bertz CT molecular complexity index is 565. The van der Waals surface area contributed by atoms with Crippen molar-refractivity contribution in [3.8, 4) is 0 Å². The topological polar surface area (TPSA) is 46.9 Å². The van der Waals surface area contributed by atoms with Crippen LogP contribution in [0.3, 0.4) is 0 Å².